The number of aromatic nitrogens is 1. The van der Waals surface area contributed by atoms with E-state index in [-0.39, 0.29) is 0 Å². The van der Waals surface area contributed by atoms with E-state index < -0.39 is 0 Å². The zero-order valence-electron chi connectivity index (χ0n) is 15.6. The second-order valence-corrected chi connectivity index (χ2v) is 5.99. The van der Waals surface area contributed by atoms with E-state index in [0.29, 0.717) is 23.9 Å². The van der Waals surface area contributed by atoms with E-state index in [1.54, 1.807) is 13.1 Å². The van der Waals surface area contributed by atoms with Crippen molar-refractivity contribution in [1.82, 2.24) is 4.98 Å². The van der Waals surface area contributed by atoms with Crippen LogP contribution in [0.15, 0.2) is 71.4 Å². The minimum Gasteiger partial charge on any atom is -0.461 e. The Bertz CT molecular complexity index is 824. The van der Waals surface area contributed by atoms with Crippen molar-refractivity contribution in [2.45, 2.75) is 26.7 Å². The molecular weight excluding hydrogens is 324 g/mol. The second-order valence-electron chi connectivity index (χ2n) is 5.99. The molecule has 26 heavy (non-hydrogen) atoms. The zero-order chi connectivity index (χ0) is 18.9. The number of anilines is 2. The first kappa shape index (κ1) is 19.2. The van der Waals surface area contributed by atoms with Gasteiger partial charge < -0.3 is 15.8 Å². The average Bonchev–Trinajstić information content (AvgIpc) is 2.61. The smallest absolute Gasteiger partial charge is 0.133 e. The van der Waals surface area contributed by atoms with Crippen LogP contribution in [-0.2, 0) is 0 Å². The van der Waals surface area contributed by atoms with Crippen LogP contribution >= 0.6 is 0 Å². The molecule has 0 saturated heterocycles. The lowest BCUT2D eigenvalue weighted by Crippen LogP contribution is -2.13. The number of nitrogens with zero attached hydrogens (tertiary/aromatic N) is 2. The van der Waals surface area contributed by atoms with E-state index in [1.165, 1.54) is 0 Å². The Balaban J connectivity index is 2.24. The summed E-state index contributed by atoms with van der Waals surface area (Å²) >= 11 is 0. The fraction of sp³-hybridized carbons (Fsp3) is 0.238. The van der Waals surface area contributed by atoms with E-state index in [4.69, 9.17) is 10.5 Å². The van der Waals surface area contributed by atoms with Crippen molar-refractivity contribution in [1.29, 1.82) is 0 Å². The van der Waals surface area contributed by atoms with Crippen LogP contribution in [0.4, 0.5) is 11.6 Å². The van der Waals surface area contributed by atoms with Crippen molar-refractivity contribution < 1.29 is 4.74 Å². The molecule has 0 amide bonds. The van der Waals surface area contributed by atoms with Gasteiger partial charge in [-0.3, -0.25) is 4.99 Å². The molecule has 0 unspecified atom stereocenters. The van der Waals surface area contributed by atoms with Gasteiger partial charge in [0.2, 0.25) is 0 Å². The fourth-order valence-electron chi connectivity index (χ4n) is 2.28. The van der Waals surface area contributed by atoms with Gasteiger partial charge in [0.25, 0.3) is 0 Å². The van der Waals surface area contributed by atoms with Crippen LogP contribution in [0, 0.1) is 6.92 Å². The molecule has 3 N–H and O–H groups in total. The number of benzene rings is 1. The van der Waals surface area contributed by atoms with Crippen molar-refractivity contribution in [3.05, 3.63) is 72.0 Å². The number of ether oxygens (including phenoxy) is 1. The molecule has 1 heterocycles. The van der Waals surface area contributed by atoms with Crippen molar-refractivity contribution in [3.8, 4) is 5.75 Å². The molecule has 1 aromatic heterocycles. The molecule has 136 valence electrons. The highest BCUT2D eigenvalue weighted by molar-refractivity contribution is 6.03. The van der Waals surface area contributed by atoms with Crippen LogP contribution in [-0.4, -0.2) is 17.9 Å². The Morgan fingerprint density at radius 3 is 2.73 bits per heavy atom. The minimum atomic E-state index is 0.449. The van der Waals surface area contributed by atoms with Crippen molar-refractivity contribution in [2.75, 3.05) is 18.1 Å². The standard InChI is InChI=1S/C21H26N4O/c1-5-15(2)12-18(26-17-9-6-8-16(3)13-17)14-21(23-4)25-20-11-7-10-19(22)24-20/h6-11,13-14H,2,5,12H2,1,3-4H3,(H3,22,23,24,25). The summed E-state index contributed by atoms with van der Waals surface area (Å²) < 4.78 is 6.10. The lowest BCUT2D eigenvalue weighted by molar-refractivity contribution is 0.412. The zero-order valence-corrected chi connectivity index (χ0v) is 15.6. The number of aliphatic imine (C=N–C) groups is 1. The number of nitrogens with two attached hydrogens (primary N) is 1. The first-order valence-electron chi connectivity index (χ1n) is 8.58. The molecular formula is C21H26N4O. The van der Waals surface area contributed by atoms with E-state index in [1.807, 2.05) is 49.4 Å². The van der Waals surface area contributed by atoms with Crippen molar-refractivity contribution in [3.63, 3.8) is 0 Å². The van der Waals surface area contributed by atoms with Gasteiger partial charge in [-0.15, -0.1) is 0 Å². The summed E-state index contributed by atoms with van der Waals surface area (Å²) in [6.45, 7) is 8.21. The van der Waals surface area contributed by atoms with Crippen LogP contribution < -0.4 is 15.8 Å². The number of amidine groups is 1. The molecule has 5 nitrogen and oxygen atoms in total. The average molecular weight is 350 g/mol. The summed E-state index contributed by atoms with van der Waals surface area (Å²) in [6.07, 6.45) is 3.39. The Hall–Kier alpha value is -3.08. The molecule has 0 atom stereocenters. The predicted octanol–water partition coefficient (Wildman–Crippen LogP) is 4.73. The normalized spacial score (nSPS) is 12.0. The van der Waals surface area contributed by atoms with Gasteiger partial charge in [-0.2, -0.15) is 0 Å². The summed E-state index contributed by atoms with van der Waals surface area (Å²) in [4.78, 5) is 8.52. The predicted molar refractivity (Wildman–Crippen MR) is 110 cm³/mol. The van der Waals surface area contributed by atoms with Gasteiger partial charge >= 0.3 is 0 Å². The summed E-state index contributed by atoms with van der Waals surface area (Å²) in [5, 5.41) is 3.16. The Morgan fingerprint density at radius 2 is 2.08 bits per heavy atom. The lowest BCUT2D eigenvalue weighted by Gasteiger charge is -2.13. The van der Waals surface area contributed by atoms with E-state index in [0.717, 1.165) is 29.1 Å². The van der Waals surface area contributed by atoms with Crippen molar-refractivity contribution >= 4 is 17.5 Å². The maximum atomic E-state index is 6.10. The maximum Gasteiger partial charge on any atom is 0.133 e. The van der Waals surface area contributed by atoms with Crippen LogP contribution in [0.5, 0.6) is 5.75 Å². The molecule has 0 bridgehead atoms. The highest BCUT2D eigenvalue weighted by Gasteiger charge is 2.07. The minimum absolute atomic E-state index is 0.449. The number of nitrogen functional groups attached to an aromatic ring is 1. The fourth-order valence-corrected chi connectivity index (χ4v) is 2.28. The molecule has 0 spiro atoms. The summed E-state index contributed by atoms with van der Waals surface area (Å²) in [5.74, 6) is 3.27. The van der Waals surface area contributed by atoms with Gasteiger partial charge in [0.1, 0.15) is 29.0 Å². The Morgan fingerprint density at radius 1 is 1.31 bits per heavy atom. The molecule has 0 aliphatic heterocycles. The molecule has 0 fully saturated rings. The van der Waals surface area contributed by atoms with E-state index in [2.05, 4.69) is 28.8 Å². The van der Waals surface area contributed by atoms with Gasteiger partial charge in [0.15, 0.2) is 0 Å². The third-order valence-electron chi connectivity index (χ3n) is 3.73. The highest BCUT2D eigenvalue weighted by atomic mass is 16.5. The van der Waals surface area contributed by atoms with E-state index in [9.17, 15) is 0 Å². The summed E-state index contributed by atoms with van der Waals surface area (Å²) in [5.41, 5.74) is 7.96. The molecule has 1 aromatic carbocycles. The Labute approximate surface area is 155 Å². The van der Waals surface area contributed by atoms with Gasteiger partial charge in [-0.05, 0) is 43.2 Å². The number of hydrogen-bond donors (Lipinski definition) is 2. The van der Waals surface area contributed by atoms with Crippen LogP contribution in [0.25, 0.3) is 0 Å². The third-order valence-corrected chi connectivity index (χ3v) is 3.73. The number of hydrogen-bond acceptors (Lipinski definition) is 4. The molecule has 0 aliphatic carbocycles. The topological polar surface area (TPSA) is 72.5 Å². The van der Waals surface area contributed by atoms with Gasteiger partial charge in [-0.1, -0.05) is 37.3 Å². The number of allylic oxidation sites excluding steroid dienone is 1. The van der Waals surface area contributed by atoms with E-state index >= 15 is 0 Å². The molecule has 2 rings (SSSR count). The maximum absolute atomic E-state index is 6.10. The monoisotopic (exact) mass is 350 g/mol. The number of rotatable bonds is 7. The largest absolute Gasteiger partial charge is 0.461 e. The van der Waals surface area contributed by atoms with Gasteiger partial charge in [0, 0.05) is 19.5 Å². The van der Waals surface area contributed by atoms with Gasteiger partial charge in [0.05, 0.1) is 0 Å². The number of aryl methyl sites for hydroxylation is 1. The van der Waals surface area contributed by atoms with Crippen LogP contribution in [0.2, 0.25) is 0 Å². The molecule has 0 aliphatic rings. The number of nitrogens with one attached hydrogen (secondary N) is 1. The molecule has 2 aromatic rings. The summed E-state index contributed by atoms with van der Waals surface area (Å²) in [7, 11) is 1.71. The van der Waals surface area contributed by atoms with Gasteiger partial charge in [-0.25, -0.2) is 4.98 Å². The van der Waals surface area contributed by atoms with Crippen molar-refractivity contribution in [2.24, 2.45) is 4.99 Å². The summed E-state index contributed by atoms with van der Waals surface area (Å²) in [6, 6.07) is 13.4. The van der Waals surface area contributed by atoms with Crippen LogP contribution in [0.1, 0.15) is 25.3 Å². The number of pyridine rings is 1. The Kier molecular flexibility index (Phi) is 6.97. The third kappa shape index (κ3) is 6.09. The first-order chi connectivity index (χ1) is 12.5. The van der Waals surface area contributed by atoms with Crippen LogP contribution in [0.3, 0.4) is 0 Å². The molecule has 0 saturated carbocycles. The quantitative estimate of drug-likeness (QED) is 0.328. The second kappa shape index (κ2) is 9.42. The molecule has 0 radical (unpaired) electrons. The lowest BCUT2D eigenvalue weighted by atomic mass is 10.1. The molecule has 5 heteroatoms. The SMILES string of the molecule is C=C(CC)CC(=CC(=NC)Nc1cccc(N)n1)Oc1cccc(C)c1. The highest BCUT2D eigenvalue weighted by Crippen LogP contribution is 2.20. The first-order valence-corrected chi connectivity index (χ1v) is 8.58.